The lowest BCUT2D eigenvalue weighted by atomic mass is 9.97. The van der Waals surface area contributed by atoms with Crippen molar-refractivity contribution < 1.29 is 18.0 Å². The minimum Gasteiger partial charge on any atom is -0.303 e. The maximum atomic E-state index is 12.3. The number of aldehydes is 1. The van der Waals surface area contributed by atoms with Crippen LogP contribution in [0.3, 0.4) is 0 Å². The molecule has 88 valence electrons. The summed E-state index contributed by atoms with van der Waals surface area (Å²) in [4.78, 5) is 10.6. The van der Waals surface area contributed by atoms with E-state index in [-0.39, 0.29) is 5.92 Å². The maximum absolute atomic E-state index is 12.3. The third-order valence-corrected chi connectivity index (χ3v) is 2.50. The molecule has 0 spiro atoms. The van der Waals surface area contributed by atoms with Crippen LogP contribution in [0.5, 0.6) is 0 Å². The zero-order valence-electron chi connectivity index (χ0n) is 8.92. The predicted molar refractivity (Wildman–Crippen MR) is 55.0 cm³/mol. The van der Waals surface area contributed by atoms with Crippen LogP contribution in [-0.2, 0) is 17.4 Å². The molecule has 1 nitrogen and oxygen atoms in total. The molecule has 0 saturated heterocycles. The minimum atomic E-state index is -4.30. The second-order valence-electron chi connectivity index (χ2n) is 3.70. The molecule has 1 atom stereocenters. The predicted octanol–water partition coefficient (Wildman–Crippen LogP) is 3.47. The highest BCUT2D eigenvalue weighted by Gasteiger charge is 2.29. The number of alkyl halides is 3. The second-order valence-corrected chi connectivity index (χ2v) is 3.70. The topological polar surface area (TPSA) is 17.1 Å². The van der Waals surface area contributed by atoms with Crippen molar-refractivity contribution in [2.45, 2.75) is 25.9 Å². The fraction of sp³-hybridized carbons (Fsp3) is 0.417. The molecule has 0 aromatic heterocycles. The molecule has 0 aliphatic heterocycles. The van der Waals surface area contributed by atoms with E-state index in [1.54, 1.807) is 0 Å². The SMILES string of the molecule is CC[C@@H](C=O)Cc1ccc(C(F)(F)F)cc1. The molecule has 1 aromatic rings. The fourth-order valence-corrected chi connectivity index (χ4v) is 1.42. The zero-order valence-corrected chi connectivity index (χ0v) is 8.92. The van der Waals surface area contributed by atoms with Crippen molar-refractivity contribution in [2.75, 3.05) is 0 Å². The number of hydrogen-bond acceptors (Lipinski definition) is 1. The molecule has 1 aromatic carbocycles. The van der Waals surface area contributed by atoms with E-state index in [1.165, 1.54) is 12.1 Å². The molecule has 0 N–H and O–H groups in total. The van der Waals surface area contributed by atoms with Crippen LogP contribution in [0.15, 0.2) is 24.3 Å². The molecule has 0 unspecified atom stereocenters. The van der Waals surface area contributed by atoms with Gasteiger partial charge in [0.05, 0.1) is 5.56 Å². The van der Waals surface area contributed by atoms with Crippen molar-refractivity contribution in [1.29, 1.82) is 0 Å². The number of carbonyl (C=O) groups excluding carboxylic acids is 1. The van der Waals surface area contributed by atoms with Gasteiger partial charge in [0.1, 0.15) is 6.29 Å². The Hall–Kier alpha value is -1.32. The smallest absolute Gasteiger partial charge is 0.303 e. The Morgan fingerprint density at radius 1 is 1.25 bits per heavy atom. The van der Waals surface area contributed by atoms with Crippen molar-refractivity contribution in [3.63, 3.8) is 0 Å². The molecule has 0 heterocycles. The average Bonchev–Trinajstić information content (AvgIpc) is 2.25. The molecule has 0 amide bonds. The van der Waals surface area contributed by atoms with E-state index >= 15 is 0 Å². The summed E-state index contributed by atoms with van der Waals surface area (Å²) in [6.45, 7) is 1.88. The summed E-state index contributed by atoms with van der Waals surface area (Å²) in [5.74, 6) is -0.114. The summed E-state index contributed by atoms with van der Waals surface area (Å²) in [6.07, 6.45) is -2.26. The lowest BCUT2D eigenvalue weighted by Gasteiger charge is -2.09. The maximum Gasteiger partial charge on any atom is 0.416 e. The van der Waals surface area contributed by atoms with Gasteiger partial charge in [0.25, 0.3) is 0 Å². The van der Waals surface area contributed by atoms with Gasteiger partial charge in [-0.25, -0.2) is 0 Å². The molecule has 0 fully saturated rings. The van der Waals surface area contributed by atoms with Crippen LogP contribution in [-0.4, -0.2) is 6.29 Å². The minimum absolute atomic E-state index is 0.114. The van der Waals surface area contributed by atoms with Crippen LogP contribution in [0.4, 0.5) is 13.2 Å². The average molecular weight is 230 g/mol. The van der Waals surface area contributed by atoms with Gasteiger partial charge in [0, 0.05) is 5.92 Å². The standard InChI is InChI=1S/C12H13F3O/c1-2-9(8-16)7-10-3-5-11(6-4-10)12(13,14)15/h3-6,8-9H,2,7H2,1H3/t9-/m1/s1. The largest absolute Gasteiger partial charge is 0.416 e. The van der Waals surface area contributed by atoms with E-state index in [4.69, 9.17) is 0 Å². The molecule has 0 aliphatic rings. The normalized spacial score (nSPS) is 13.5. The van der Waals surface area contributed by atoms with Crippen molar-refractivity contribution in [3.05, 3.63) is 35.4 Å². The summed E-state index contributed by atoms with van der Waals surface area (Å²) in [5, 5.41) is 0. The quantitative estimate of drug-likeness (QED) is 0.724. The first kappa shape index (κ1) is 12.7. The zero-order chi connectivity index (χ0) is 12.2. The van der Waals surface area contributed by atoms with Gasteiger partial charge in [-0.3, -0.25) is 0 Å². The summed E-state index contributed by atoms with van der Waals surface area (Å²) in [5.41, 5.74) is 0.0994. The number of hydrogen-bond donors (Lipinski definition) is 0. The number of carbonyl (C=O) groups is 1. The van der Waals surface area contributed by atoms with Crippen LogP contribution in [0.25, 0.3) is 0 Å². The Balaban J connectivity index is 2.75. The van der Waals surface area contributed by atoms with E-state index in [1.807, 2.05) is 6.92 Å². The van der Waals surface area contributed by atoms with Crippen LogP contribution in [0.1, 0.15) is 24.5 Å². The first-order valence-corrected chi connectivity index (χ1v) is 5.08. The van der Waals surface area contributed by atoms with Gasteiger partial charge in [-0.15, -0.1) is 0 Å². The Kier molecular flexibility index (Phi) is 4.10. The molecular weight excluding hydrogens is 217 g/mol. The summed E-state index contributed by atoms with van der Waals surface area (Å²) >= 11 is 0. The first-order chi connectivity index (χ1) is 7.47. The molecule has 16 heavy (non-hydrogen) atoms. The van der Waals surface area contributed by atoms with Gasteiger partial charge in [0.15, 0.2) is 0 Å². The molecule has 1 rings (SSSR count). The first-order valence-electron chi connectivity index (χ1n) is 5.08. The van der Waals surface area contributed by atoms with Crippen molar-refractivity contribution in [3.8, 4) is 0 Å². The lowest BCUT2D eigenvalue weighted by molar-refractivity contribution is -0.137. The van der Waals surface area contributed by atoms with E-state index < -0.39 is 11.7 Å². The fourth-order valence-electron chi connectivity index (χ4n) is 1.42. The van der Waals surface area contributed by atoms with E-state index in [0.29, 0.717) is 12.8 Å². The number of benzene rings is 1. The highest BCUT2D eigenvalue weighted by Crippen LogP contribution is 2.29. The van der Waals surface area contributed by atoms with Crippen molar-refractivity contribution in [2.24, 2.45) is 5.92 Å². The van der Waals surface area contributed by atoms with Gasteiger partial charge in [-0.05, 0) is 30.5 Å². The van der Waals surface area contributed by atoms with Crippen LogP contribution in [0.2, 0.25) is 0 Å². The highest BCUT2D eigenvalue weighted by atomic mass is 19.4. The van der Waals surface area contributed by atoms with Gasteiger partial charge < -0.3 is 4.79 Å². The van der Waals surface area contributed by atoms with Crippen LogP contribution in [0, 0.1) is 5.92 Å². The molecule has 0 radical (unpaired) electrons. The molecule has 0 bridgehead atoms. The third kappa shape index (κ3) is 3.36. The van der Waals surface area contributed by atoms with Gasteiger partial charge in [0.2, 0.25) is 0 Å². The number of rotatable bonds is 4. The lowest BCUT2D eigenvalue weighted by Crippen LogP contribution is -2.07. The van der Waals surface area contributed by atoms with E-state index in [9.17, 15) is 18.0 Å². The Bertz CT molecular complexity index is 340. The molecular formula is C12H13F3O. The van der Waals surface area contributed by atoms with Gasteiger partial charge >= 0.3 is 6.18 Å². The molecule has 4 heteroatoms. The van der Waals surface area contributed by atoms with Gasteiger partial charge in [-0.1, -0.05) is 19.1 Å². The summed E-state index contributed by atoms with van der Waals surface area (Å²) < 4.78 is 36.8. The monoisotopic (exact) mass is 230 g/mol. The number of halogens is 3. The Morgan fingerprint density at radius 2 is 1.81 bits per heavy atom. The third-order valence-electron chi connectivity index (χ3n) is 2.50. The van der Waals surface area contributed by atoms with E-state index in [0.717, 1.165) is 24.0 Å². The van der Waals surface area contributed by atoms with Crippen LogP contribution < -0.4 is 0 Å². The van der Waals surface area contributed by atoms with Gasteiger partial charge in [-0.2, -0.15) is 13.2 Å². The summed E-state index contributed by atoms with van der Waals surface area (Å²) in [7, 11) is 0. The van der Waals surface area contributed by atoms with Crippen LogP contribution >= 0.6 is 0 Å². The van der Waals surface area contributed by atoms with E-state index in [2.05, 4.69) is 0 Å². The highest BCUT2D eigenvalue weighted by molar-refractivity contribution is 5.54. The van der Waals surface area contributed by atoms with Crippen molar-refractivity contribution >= 4 is 6.29 Å². The Labute approximate surface area is 92.3 Å². The molecule has 0 aliphatic carbocycles. The molecule has 0 saturated carbocycles. The Morgan fingerprint density at radius 3 is 2.19 bits per heavy atom. The second kappa shape index (κ2) is 5.14. The summed E-state index contributed by atoms with van der Waals surface area (Å²) in [6, 6.07) is 4.95. The van der Waals surface area contributed by atoms with Crippen molar-refractivity contribution in [1.82, 2.24) is 0 Å².